The van der Waals surface area contributed by atoms with Gasteiger partial charge in [0.15, 0.2) is 0 Å². The summed E-state index contributed by atoms with van der Waals surface area (Å²) in [6.45, 7) is 3.71. The first-order valence-electron chi connectivity index (χ1n) is 4.95. The highest BCUT2D eigenvalue weighted by atomic mass is 32.2. The van der Waals surface area contributed by atoms with Gasteiger partial charge in [-0.25, -0.2) is 5.84 Å². The lowest BCUT2D eigenvalue weighted by Gasteiger charge is -2.21. The number of amides is 1. The minimum Gasteiger partial charge on any atom is -0.399 e. The number of hydrogen-bond acceptors (Lipinski definition) is 4. The standard InChI is InChI=1S/C11H17N3OS/c1-11(2,10(15)14-13)7-16-9-5-3-4-8(12)6-9/h3-6H,7,12-13H2,1-2H3,(H,14,15). The Bertz CT molecular complexity index is 379. The van der Waals surface area contributed by atoms with Gasteiger partial charge >= 0.3 is 0 Å². The first kappa shape index (κ1) is 12.9. The fourth-order valence-corrected chi connectivity index (χ4v) is 2.18. The summed E-state index contributed by atoms with van der Waals surface area (Å²) in [5.41, 5.74) is 8.08. The highest BCUT2D eigenvalue weighted by Gasteiger charge is 2.26. The van der Waals surface area contributed by atoms with Gasteiger partial charge in [-0.05, 0) is 18.2 Å². The van der Waals surface area contributed by atoms with Crippen LogP contribution < -0.4 is 17.0 Å². The normalized spacial score (nSPS) is 11.2. The smallest absolute Gasteiger partial charge is 0.240 e. The Morgan fingerprint density at radius 3 is 2.75 bits per heavy atom. The van der Waals surface area contributed by atoms with Crippen molar-refractivity contribution in [2.45, 2.75) is 18.7 Å². The molecule has 5 N–H and O–H groups in total. The van der Waals surface area contributed by atoms with Crippen LogP contribution in [0.5, 0.6) is 0 Å². The van der Waals surface area contributed by atoms with E-state index in [0.717, 1.165) is 10.6 Å². The number of nitrogen functional groups attached to an aromatic ring is 1. The fourth-order valence-electron chi connectivity index (χ4n) is 1.13. The molecule has 0 radical (unpaired) electrons. The third-order valence-corrected chi connectivity index (χ3v) is 3.66. The summed E-state index contributed by atoms with van der Waals surface area (Å²) in [5.74, 6) is 5.61. The zero-order valence-corrected chi connectivity index (χ0v) is 10.3. The van der Waals surface area contributed by atoms with E-state index in [9.17, 15) is 4.79 Å². The Morgan fingerprint density at radius 2 is 2.19 bits per heavy atom. The molecule has 0 bridgehead atoms. The molecule has 0 aromatic heterocycles. The highest BCUT2D eigenvalue weighted by molar-refractivity contribution is 7.99. The van der Waals surface area contributed by atoms with Crippen molar-refractivity contribution in [2.75, 3.05) is 11.5 Å². The maximum atomic E-state index is 11.4. The van der Waals surface area contributed by atoms with Gasteiger partial charge in [-0.15, -0.1) is 11.8 Å². The highest BCUT2D eigenvalue weighted by Crippen LogP contribution is 2.28. The molecular formula is C11H17N3OS. The molecule has 1 rings (SSSR count). The predicted molar refractivity (Wildman–Crippen MR) is 67.7 cm³/mol. The first-order chi connectivity index (χ1) is 7.45. The molecule has 0 aliphatic carbocycles. The van der Waals surface area contributed by atoms with E-state index in [2.05, 4.69) is 5.43 Å². The SMILES string of the molecule is CC(C)(CSc1cccc(N)c1)C(=O)NN. The van der Waals surface area contributed by atoms with E-state index < -0.39 is 5.41 Å². The van der Waals surface area contributed by atoms with Crippen molar-refractivity contribution in [2.24, 2.45) is 11.3 Å². The van der Waals surface area contributed by atoms with Crippen molar-refractivity contribution < 1.29 is 4.79 Å². The molecule has 0 heterocycles. The summed E-state index contributed by atoms with van der Waals surface area (Å²) in [5, 5.41) is 0. The maximum Gasteiger partial charge on any atom is 0.240 e. The maximum absolute atomic E-state index is 11.4. The summed E-state index contributed by atoms with van der Waals surface area (Å²) >= 11 is 1.59. The number of nitrogens with one attached hydrogen (secondary N) is 1. The molecule has 0 saturated carbocycles. The quantitative estimate of drug-likeness (QED) is 0.244. The lowest BCUT2D eigenvalue weighted by Crippen LogP contribution is -2.42. The number of rotatable bonds is 4. The minimum atomic E-state index is -0.496. The number of thioether (sulfide) groups is 1. The largest absolute Gasteiger partial charge is 0.399 e. The number of carbonyl (C=O) groups excluding carboxylic acids is 1. The molecular weight excluding hydrogens is 222 g/mol. The van der Waals surface area contributed by atoms with Gasteiger partial charge in [-0.1, -0.05) is 19.9 Å². The summed E-state index contributed by atoms with van der Waals surface area (Å²) in [4.78, 5) is 12.5. The molecule has 0 aliphatic rings. The van der Waals surface area contributed by atoms with E-state index in [1.165, 1.54) is 0 Å². The van der Waals surface area contributed by atoms with Crippen LogP contribution in [0, 0.1) is 5.41 Å². The van der Waals surface area contributed by atoms with Crippen LogP contribution in [-0.4, -0.2) is 11.7 Å². The molecule has 0 unspecified atom stereocenters. The molecule has 0 atom stereocenters. The number of nitrogens with two attached hydrogens (primary N) is 2. The van der Waals surface area contributed by atoms with Crippen LogP contribution in [-0.2, 0) is 4.79 Å². The molecule has 88 valence electrons. The summed E-state index contributed by atoms with van der Waals surface area (Å²) in [6.07, 6.45) is 0. The molecule has 1 aromatic carbocycles. The summed E-state index contributed by atoms with van der Waals surface area (Å²) < 4.78 is 0. The molecule has 0 aliphatic heterocycles. The van der Waals surface area contributed by atoms with Crippen LogP contribution >= 0.6 is 11.8 Å². The van der Waals surface area contributed by atoms with Gasteiger partial charge in [-0.3, -0.25) is 10.2 Å². The zero-order chi connectivity index (χ0) is 12.2. The van der Waals surface area contributed by atoms with E-state index in [0.29, 0.717) is 5.75 Å². The minimum absolute atomic E-state index is 0.163. The second-order valence-corrected chi connectivity index (χ2v) is 5.27. The van der Waals surface area contributed by atoms with E-state index in [1.54, 1.807) is 11.8 Å². The summed E-state index contributed by atoms with van der Waals surface area (Å²) in [7, 11) is 0. The van der Waals surface area contributed by atoms with Gasteiger partial charge in [0.05, 0.1) is 5.41 Å². The monoisotopic (exact) mass is 239 g/mol. The third-order valence-electron chi connectivity index (χ3n) is 2.20. The number of hydrogen-bond donors (Lipinski definition) is 3. The van der Waals surface area contributed by atoms with Crippen LogP contribution in [0.15, 0.2) is 29.2 Å². The van der Waals surface area contributed by atoms with Crippen molar-refractivity contribution in [3.8, 4) is 0 Å². The van der Waals surface area contributed by atoms with Gasteiger partial charge in [0.1, 0.15) is 0 Å². The zero-order valence-electron chi connectivity index (χ0n) is 9.49. The van der Waals surface area contributed by atoms with E-state index >= 15 is 0 Å². The molecule has 4 nitrogen and oxygen atoms in total. The van der Waals surface area contributed by atoms with Gasteiger partial charge in [0, 0.05) is 16.3 Å². The Balaban J connectivity index is 2.61. The molecule has 0 fully saturated rings. The average Bonchev–Trinajstić information content (AvgIpc) is 2.25. The molecule has 0 saturated heterocycles. The Labute approximate surface area is 99.7 Å². The van der Waals surface area contributed by atoms with Gasteiger partial charge < -0.3 is 5.73 Å². The molecule has 1 amide bonds. The van der Waals surface area contributed by atoms with Crippen molar-refractivity contribution in [3.63, 3.8) is 0 Å². The first-order valence-corrected chi connectivity index (χ1v) is 5.93. The van der Waals surface area contributed by atoms with E-state index in [4.69, 9.17) is 11.6 Å². The molecule has 0 spiro atoms. The Kier molecular flexibility index (Phi) is 4.20. The average molecular weight is 239 g/mol. The lowest BCUT2D eigenvalue weighted by molar-refractivity contribution is -0.128. The fraction of sp³-hybridized carbons (Fsp3) is 0.364. The van der Waals surface area contributed by atoms with Crippen molar-refractivity contribution in [1.82, 2.24) is 5.43 Å². The van der Waals surface area contributed by atoms with Crippen LogP contribution in [0.2, 0.25) is 0 Å². The number of anilines is 1. The molecule has 16 heavy (non-hydrogen) atoms. The van der Waals surface area contributed by atoms with Crippen LogP contribution in [0.25, 0.3) is 0 Å². The second-order valence-electron chi connectivity index (χ2n) is 4.22. The van der Waals surface area contributed by atoms with Crippen LogP contribution in [0.3, 0.4) is 0 Å². The van der Waals surface area contributed by atoms with Gasteiger partial charge in [0.2, 0.25) is 5.91 Å². The summed E-state index contributed by atoms with van der Waals surface area (Å²) in [6, 6.07) is 7.59. The van der Waals surface area contributed by atoms with Gasteiger partial charge in [-0.2, -0.15) is 0 Å². The predicted octanol–water partition coefficient (Wildman–Crippen LogP) is 1.38. The Morgan fingerprint density at radius 1 is 1.50 bits per heavy atom. The number of hydrazine groups is 1. The van der Waals surface area contributed by atoms with Gasteiger partial charge in [0.25, 0.3) is 0 Å². The number of carbonyl (C=O) groups is 1. The van der Waals surface area contributed by atoms with Crippen LogP contribution in [0.1, 0.15) is 13.8 Å². The van der Waals surface area contributed by atoms with Crippen molar-refractivity contribution >= 4 is 23.4 Å². The third kappa shape index (κ3) is 3.43. The second kappa shape index (κ2) is 5.23. The Hall–Kier alpha value is -1.20. The topological polar surface area (TPSA) is 81.1 Å². The van der Waals surface area contributed by atoms with E-state index in [1.807, 2.05) is 38.1 Å². The molecule has 5 heteroatoms. The van der Waals surface area contributed by atoms with E-state index in [-0.39, 0.29) is 5.91 Å². The van der Waals surface area contributed by atoms with Crippen molar-refractivity contribution in [1.29, 1.82) is 0 Å². The van der Waals surface area contributed by atoms with Crippen LogP contribution in [0.4, 0.5) is 5.69 Å². The lowest BCUT2D eigenvalue weighted by atomic mass is 9.96. The number of benzene rings is 1. The molecule has 1 aromatic rings. The van der Waals surface area contributed by atoms with Crippen molar-refractivity contribution in [3.05, 3.63) is 24.3 Å².